The van der Waals surface area contributed by atoms with Crippen LogP contribution in [-0.2, 0) is 27.3 Å². The molecule has 2 heterocycles. The summed E-state index contributed by atoms with van der Waals surface area (Å²) in [4.78, 5) is 45.8. The largest absolute Gasteiger partial charge is 0.444 e. The van der Waals surface area contributed by atoms with Gasteiger partial charge in [-0.25, -0.2) is 4.79 Å². The highest BCUT2D eigenvalue weighted by Crippen LogP contribution is 2.36. The molecule has 0 unspecified atom stereocenters. The van der Waals surface area contributed by atoms with Crippen LogP contribution < -0.4 is 10.6 Å². The van der Waals surface area contributed by atoms with Crippen LogP contribution in [0.5, 0.6) is 0 Å². The summed E-state index contributed by atoms with van der Waals surface area (Å²) in [6, 6.07) is 13.5. The average molecular weight is 584 g/mol. The van der Waals surface area contributed by atoms with Crippen LogP contribution in [-0.4, -0.2) is 45.0 Å². The minimum absolute atomic E-state index is 0.176. The van der Waals surface area contributed by atoms with Gasteiger partial charge in [-0.1, -0.05) is 46.3 Å². The van der Waals surface area contributed by atoms with Crippen LogP contribution in [0.2, 0.25) is 0 Å². The first-order valence-corrected chi connectivity index (χ1v) is 13.5. The fraction of sp³-hybridized carbons (Fsp3) is 0.414. The first-order chi connectivity index (χ1) is 17.7. The lowest BCUT2D eigenvalue weighted by atomic mass is 10.0. The van der Waals surface area contributed by atoms with Crippen molar-refractivity contribution < 1.29 is 19.1 Å². The molecule has 3 aromatic rings. The molecule has 9 heteroatoms. The minimum atomic E-state index is -0.932. The van der Waals surface area contributed by atoms with Gasteiger partial charge in [0.15, 0.2) is 6.04 Å². The lowest BCUT2D eigenvalue weighted by Crippen LogP contribution is -2.53. The zero-order valence-corrected chi connectivity index (χ0v) is 24.2. The smallest absolute Gasteiger partial charge is 0.408 e. The van der Waals surface area contributed by atoms with Gasteiger partial charge in [-0.2, -0.15) is 0 Å². The van der Waals surface area contributed by atoms with Crippen LogP contribution in [0.25, 0.3) is 10.9 Å². The molecule has 1 aliphatic rings. The molecule has 8 nitrogen and oxygen atoms in total. The number of para-hydroxylation sites is 1. The third kappa shape index (κ3) is 6.38. The van der Waals surface area contributed by atoms with Crippen LogP contribution >= 0.6 is 15.9 Å². The van der Waals surface area contributed by atoms with E-state index in [1.165, 1.54) is 0 Å². The van der Waals surface area contributed by atoms with E-state index in [0.717, 1.165) is 26.5 Å². The quantitative estimate of drug-likeness (QED) is 0.385. The molecule has 38 heavy (non-hydrogen) atoms. The number of hydrogen-bond acceptors (Lipinski definition) is 4. The fourth-order valence-electron chi connectivity index (χ4n) is 4.68. The fourth-order valence-corrected chi connectivity index (χ4v) is 4.94. The molecule has 0 aliphatic carbocycles. The lowest BCUT2D eigenvalue weighted by molar-refractivity contribution is -0.143. The molecule has 1 aromatic heterocycles. The number of carbonyl (C=O) groups excluding carboxylic acids is 3. The molecule has 0 fully saturated rings. The Bertz CT molecular complexity index is 1350. The Hall–Kier alpha value is -3.33. The summed E-state index contributed by atoms with van der Waals surface area (Å²) in [5.74, 6) is -0.657. The lowest BCUT2D eigenvalue weighted by Gasteiger charge is -2.33. The zero-order chi connectivity index (χ0) is 27.8. The van der Waals surface area contributed by atoms with E-state index in [1.54, 1.807) is 25.7 Å². The summed E-state index contributed by atoms with van der Waals surface area (Å²) < 4.78 is 6.39. The highest BCUT2D eigenvalue weighted by molar-refractivity contribution is 9.10. The molecule has 0 bridgehead atoms. The number of alkyl carbamates (subject to hydrolysis) is 1. The zero-order valence-electron chi connectivity index (χ0n) is 22.6. The van der Waals surface area contributed by atoms with Gasteiger partial charge in [0.1, 0.15) is 11.6 Å². The Morgan fingerprint density at radius 1 is 1.05 bits per heavy atom. The number of H-pyrrole nitrogens is 1. The molecule has 0 saturated carbocycles. The third-order valence-corrected chi connectivity index (χ3v) is 6.65. The van der Waals surface area contributed by atoms with Gasteiger partial charge in [0, 0.05) is 33.9 Å². The number of aromatic amines is 1. The average Bonchev–Trinajstić information content (AvgIpc) is 3.09. The molecule has 2 atom stereocenters. The van der Waals surface area contributed by atoms with E-state index in [-0.39, 0.29) is 24.8 Å². The van der Waals surface area contributed by atoms with E-state index in [1.807, 2.05) is 69.3 Å². The van der Waals surface area contributed by atoms with E-state index in [2.05, 4.69) is 31.5 Å². The SMILES string of the molecule is CC(C)(C)NC(=O)[C@H]1c2[nH]c3ccccc3c2C[C@H](NC(=O)OC(C)(C)C)C(=O)N1Cc1ccc(Br)cc1. The summed E-state index contributed by atoms with van der Waals surface area (Å²) >= 11 is 3.45. The van der Waals surface area contributed by atoms with Crippen molar-refractivity contribution in [1.82, 2.24) is 20.5 Å². The van der Waals surface area contributed by atoms with E-state index in [9.17, 15) is 14.4 Å². The second-order valence-electron chi connectivity index (χ2n) is 11.7. The molecule has 0 saturated heterocycles. The van der Waals surface area contributed by atoms with Gasteiger partial charge in [0.2, 0.25) is 11.8 Å². The molecular weight excluding hydrogens is 548 g/mol. The van der Waals surface area contributed by atoms with Crippen LogP contribution in [0.4, 0.5) is 4.79 Å². The molecule has 202 valence electrons. The van der Waals surface area contributed by atoms with E-state index >= 15 is 0 Å². The predicted octanol–water partition coefficient (Wildman–Crippen LogP) is 5.36. The summed E-state index contributed by atoms with van der Waals surface area (Å²) in [7, 11) is 0. The van der Waals surface area contributed by atoms with Gasteiger partial charge >= 0.3 is 6.09 Å². The van der Waals surface area contributed by atoms with E-state index in [4.69, 9.17) is 4.74 Å². The Balaban J connectivity index is 1.85. The van der Waals surface area contributed by atoms with E-state index in [0.29, 0.717) is 5.69 Å². The Morgan fingerprint density at radius 2 is 1.71 bits per heavy atom. The van der Waals surface area contributed by atoms with Crippen molar-refractivity contribution in [2.75, 3.05) is 0 Å². The second kappa shape index (κ2) is 10.4. The van der Waals surface area contributed by atoms with Gasteiger partial charge in [-0.3, -0.25) is 9.59 Å². The van der Waals surface area contributed by atoms with Crippen LogP contribution in [0.1, 0.15) is 64.4 Å². The molecule has 3 amide bonds. The molecule has 4 rings (SSSR count). The van der Waals surface area contributed by atoms with Crippen LogP contribution in [0, 0.1) is 0 Å². The molecule has 0 spiro atoms. The van der Waals surface area contributed by atoms with Gasteiger partial charge in [0.25, 0.3) is 0 Å². The molecule has 0 radical (unpaired) electrons. The summed E-state index contributed by atoms with van der Waals surface area (Å²) in [5.41, 5.74) is 1.94. The van der Waals surface area contributed by atoms with Crippen molar-refractivity contribution in [1.29, 1.82) is 0 Å². The van der Waals surface area contributed by atoms with Crippen molar-refractivity contribution in [3.05, 3.63) is 69.8 Å². The first kappa shape index (κ1) is 27.7. The highest BCUT2D eigenvalue weighted by Gasteiger charge is 2.43. The minimum Gasteiger partial charge on any atom is -0.444 e. The third-order valence-electron chi connectivity index (χ3n) is 6.12. The van der Waals surface area contributed by atoms with Gasteiger partial charge in [-0.15, -0.1) is 0 Å². The number of nitrogens with one attached hydrogen (secondary N) is 3. The number of ether oxygens (including phenoxy) is 1. The number of halogens is 1. The van der Waals surface area contributed by atoms with Crippen molar-refractivity contribution in [3.63, 3.8) is 0 Å². The number of fused-ring (bicyclic) bond motifs is 3. The number of carbonyl (C=O) groups is 3. The number of rotatable bonds is 4. The maximum Gasteiger partial charge on any atom is 0.408 e. The topological polar surface area (TPSA) is 104 Å². The van der Waals surface area contributed by atoms with Gasteiger partial charge < -0.3 is 25.3 Å². The standard InChI is InChI=1S/C29H35BrN4O4/c1-28(2,3)33-25(35)24-23-20(19-9-7-8-10-21(19)31-23)15-22(32-27(37)38-29(4,5)6)26(36)34(24)16-17-11-13-18(30)14-12-17/h7-14,22,24,31H,15-16H2,1-6H3,(H,32,37)(H,33,35)/t22-,24+/m0/s1. The second-order valence-corrected chi connectivity index (χ2v) is 12.6. The normalized spacial score (nSPS) is 18.1. The van der Waals surface area contributed by atoms with Crippen molar-refractivity contribution in [2.24, 2.45) is 0 Å². The van der Waals surface area contributed by atoms with E-state index < -0.39 is 29.3 Å². The molecule has 2 aromatic carbocycles. The van der Waals surface area contributed by atoms with Crippen molar-refractivity contribution in [2.45, 2.75) is 77.7 Å². The first-order valence-electron chi connectivity index (χ1n) is 12.7. The molecular formula is C29H35BrN4O4. The predicted molar refractivity (Wildman–Crippen MR) is 150 cm³/mol. The molecule has 3 N–H and O–H groups in total. The van der Waals surface area contributed by atoms with Gasteiger partial charge in [0.05, 0.1) is 5.69 Å². The summed E-state index contributed by atoms with van der Waals surface area (Å²) in [6.45, 7) is 11.2. The maximum atomic E-state index is 14.2. The van der Waals surface area contributed by atoms with Crippen LogP contribution in [0.15, 0.2) is 53.0 Å². The molecule has 1 aliphatic heterocycles. The Labute approximate surface area is 231 Å². The Morgan fingerprint density at radius 3 is 2.34 bits per heavy atom. The maximum absolute atomic E-state index is 14.2. The Kier molecular flexibility index (Phi) is 7.61. The van der Waals surface area contributed by atoms with Crippen LogP contribution in [0.3, 0.4) is 0 Å². The summed E-state index contributed by atoms with van der Waals surface area (Å²) in [5, 5.41) is 6.76. The van der Waals surface area contributed by atoms with Gasteiger partial charge in [-0.05, 0) is 70.9 Å². The number of nitrogens with zero attached hydrogens (tertiary/aromatic N) is 1. The number of hydrogen-bond donors (Lipinski definition) is 3. The summed E-state index contributed by atoms with van der Waals surface area (Å²) in [6.07, 6.45) is -0.466. The highest BCUT2D eigenvalue weighted by atomic mass is 79.9. The van der Waals surface area contributed by atoms with Crippen molar-refractivity contribution >= 4 is 44.7 Å². The number of benzene rings is 2. The number of amides is 3. The van der Waals surface area contributed by atoms with Crippen molar-refractivity contribution in [3.8, 4) is 0 Å². The number of aromatic nitrogens is 1. The monoisotopic (exact) mass is 582 g/mol.